The van der Waals surface area contributed by atoms with Gasteiger partial charge in [0.1, 0.15) is 5.75 Å². The maximum atomic E-state index is 5.69. The van der Waals surface area contributed by atoms with Gasteiger partial charge in [0, 0.05) is 35.8 Å². The molecule has 2 aliphatic rings. The molecule has 0 amide bonds. The number of H-pyrrole nitrogens is 1. The van der Waals surface area contributed by atoms with Crippen LogP contribution in [-0.4, -0.2) is 43.2 Å². The van der Waals surface area contributed by atoms with E-state index in [4.69, 9.17) is 4.74 Å². The first kappa shape index (κ1) is 15.0. The number of nitrogens with zero attached hydrogens (tertiary/aromatic N) is 1. The third-order valence-corrected chi connectivity index (χ3v) is 5.96. The van der Waals surface area contributed by atoms with Gasteiger partial charge in [-0.25, -0.2) is 0 Å². The van der Waals surface area contributed by atoms with Crippen LogP contribution in [0.25, 0.3) is 10.9 Å². The highest BCUT2D eigenvalue weighted by Crippen LogP contribution is 2.38. The molecule has 1 aromatic carbocycles. The first-order valence-corrected chi connectivity index (χ1v) is 8.77. The summed E-state index contributed by atoms with van der Waals surface area (Å²) in [7, 11) is 1.78. The first-order valence-electron chi connectivity index (χ1n) is 8.77. The van der Waals surface area contributed by atoms with E-state index in [0.29, 0.717) is 5.41 Å². The number of piperidine rings is 1. The monoisotopic (exact) mass is 313 g/mol. The second-order valence-corrected chi connectivity index (χ2v) is 7.34. The summed E-state index contributed by atoms with van der Waals surface area (Å²) in [5.74, 6) is 1.03. The van der Waals surface area contributed by atoms with Gasteiger partial charge in [0.2, 0.25) is 0 Å². The van der Waals surface area contributed by atoms with Crippen LogP contribution >= 0.6 is 0 Å². The highest BCUT2D eigenvalue weighted by Gasteiger charge is 2.37. The quantitative estimate of drug-likeness (QED) is 0.915. The smallest absolute Gasteiger partial charge is 0.124 e. The number of aryl methyl sites for hydroxylation is 1. The van der Waals surface area contributed by atoms with Gasteiger partial charge in [0.05, 0.1) is 7.11 Å². The van der Waals surface area contributed by atoms with Gasteiger partial charge < -0.3 is 15.0 Å². The van der Waals surface area contributed by atoms with E-state index in [0.717, 1.165) is 12.3 Å². The fourth-order valence-corrected chi connectivity index (χ4v) is 4.41. The Bertz CT molecular complexity index is 690. The normalized spacial score (nSPS) is 21.3. The van der Waals surface area contributed by atoms with E-state index in [1.165, 1.54) is 67.5 Å². The lowest BCUT2D eigenvalue weighted by Crippen LogP contribution is -2.40. The van der Waals surface area contributed by atoms with Gasteiger partial charge in [-0.05, 0) is 68.9 Å². The van der Waals surface area contributed by atoms with Crippen molar-refractivity contribution < 1.29 is 4.74 Å². The lowest BCUT2D eigenvalue weighted by atomic mass is 9.78. The van der Waals surface area contributed by atoms with Gasteiger partial charge in [-0.2, -0.15) is 0 Å². The second-order valence-electron chi connectivity index (χ2n) is 7.34. The van der Waals surface area contributed by atoms with Gasteiger partial charge in [0.25, 0.3) is 0 Å². The van der Waals surface area contributed by atoms with Crippen LogP contribution in [0.4, 0.5) is 0 Å². The van der Waals surface area contributed by atoms with Crippen molar-refractivity contribution in [1.82, 2.24) is 15.2 Å². The predicted molar refractivity (Wildman–Crippen MR) is 94.0 cm³/mol. The molecule has 2 N–H and O–H groups in total. The van der Waals surface area contributed by atoms with Crippen LogP contribution < -0.4 is 10.1 Å². The minimum atomic E-state index is 0.581. The highest BCUT2D eigenvalue weighted by atomic mass is 16.5. The maximum absolute atomic E-state index is 5.69. The molecular formula is C19H27N3O. The van der Waals surface area contributed by atoms with E-state index in [1.807, 2.05) is 6.20 Å². The van der Waals surface area contributed by atoms with Crippen LogP contribution in [0.2, 0.25) is 0 Å². The van der Waals surface area contributed by atoms with Crippen molar-refractivity contribution in [3.05, 3.63) is 29.5 Å². The number of hydrogen-bond donors (Lipinski definition) is 2. The lowest BCUT2D eigenvalue weighted by Gasteiger charge is -2.39. The molecule has 0 aliphatic carbocycles. The maximum Gasteiger partial charge on any atom is 0.124 e. The van der Waals surface area contributed by atoms with Crippen molar-refractivity contribution >= 4 is 10.9 Å². The Morgan fingerprint density at radius 1 is 1.26 bits per heavy atom. The molecule has 4 rings (SSSR count). The molecule has 3 heterocycles. The zero-order valence-corrected chi connectivity index (χ0v) is 14.2. The topological polar surface area (TPSA) is 40.3 Å². The SMILES string of the molecule is COc1cc(C)c2[nH]ccc2c1CN1CCC2(CCNC2)CC1. The molecule has 1 aromatic heterocycles. The summed E-state index contributed by atoms with van der Waals surface area (Å²) in [5.41, 5.74) is 4.40. The summed E-state index contributed by atoms with van der Waals surface area (Å²) in [6.45, 7) is 7.95. The van der Waals surface area contributed by atoms with Gasteiger partial charge in [0.15, 0.2) is 0 Å². The fourth-order valence-electron chi connectivity index (χ4n) is 4.41. The van der Waals surface area contributed by atoms with E-state index >= 15 is 0 Å². The molecule has 4 heteroatoms. The van der Waals surface area contributed by atoms with Gasteiger partial charge >= 0.3 is 0 Å². The van der Waals surface area contributed by atoms with Crippen molar-refractivity contribution in [2.45, 2.75) is 32.7 Å². The summed E-state index contributed by atoms with van der Waals surface area (Å²) < 4.78 is 5.69. The molecule has 1 spiro atoms. The third kappa shape index (κ3) is 2.64. The summed E-state index contributed by atoms with van der Waals surface area (Å²) >= 11 is 0. The average molecular weight is 313 g/mol. The number of nitrogens with one attached hydrogen (secondary N) is 2. The fraction of sp³-hybridized carbons (Fsp3) is 0.579. The second kappa shape index (κ2) is 5.84. The van der Waals surface area contributed by atoms with Crippen molar-refractivity contribution in [3.63, 3.8) is 0 Å². The Balaban J connectivity index is 1.56. The number of fused-ring (bicyclic) bond motifs is 1. The molecule has 0 bridgehead atoms. The third-order valence-electron chi connectivity index (χ3n) is 5.96. The Labute approximate surface area is 138 Å². The number of likely N-dealkylation sites (tertiary alicyclic amines) is 1. The first-order chi connectivity index (χ1) is 11.2. The van der Waals surface area contributed by atoms with Crippen molar-refractivity contribution in [3.8, 4) is 5.75 Å². The molecular weight excluding hydrogens is 286 g/mol. The van der Waals surface area contributed by atoms with Crippen LogP contribution in [0.3, 0.4) is 0 Å². The van der Waals surface area contributed by atoms with Crippen LogP contribution in [0.15, 0.2) is 18.3 Å². The van der Waals surface area contributed by atoms with E-state index < -0.39 is 0 Å². The number of aromatic nitrogens is 1. The molecule has 0 saturated carbocycles. The predicted octanol–water partition coefficient (Wildman–Crippen LogP) is 3.06. The summed E-state index contributed by atoms with van der Waals surface area (Å²) in [6, 6.07) is 4.35. The molecule has 0 atom stereocenters. The molecule has 2 aliphatic heterocycles. The number of hydrogen-bond acceptors (Lipinski definition) is 3. The molecule has 2 fully saturated rings. The van der Waals surface area contributed by atoms with Crippen molar-refractivity contribution in [1.29, 1.82) is 0 Å². The number of aromatic amines is 1. The zero-order valence-electron chi connectivity index (χ0n) is 14.2. The molecule has 2 saturated heterocycles. The van der Waals surface area contributed by atoms with E-state index in [1.54, 1.807) is 7.11 Å². The molecule has 124 valence electrons. The highest BCUT2D eigenvalue weighted by molar-refractivity contribution is 5.88. The number of rotatable bonds is 3. The van der Waals surface area contributed by atoms with Gasteiger partial charge in [-0.1, -0.05) is 0 Å². The standard InChI is InChI=1S/C19H27N3O/c1-14-11-17(23-2)16(15-3-7-21-18(14)15)12-22-9-5-19(6-10-22)4-8-20-13-19/h3,7,11,20-21H,4-6,8-10,12-13H2,1-2H3. The van der Waals surface area contributed by atoms with E-state index in [-0.39, 0.29) is 0 Å². The summed E-state index contributed by atoms with van der Waals surface area (Å²) in [6.07, 6.45) is 6.04. The van der Waals surface area contributed by atoms with Gasteiger partial charge in [-0.15, -0.1) is 0 Å². The number of methoxy groups -OCH3 is 1. The molecule has 23 heavy (non-hydrogen) atoms. The average Bonchev–Trinajstić information content (AvgIpc) is 3.22. The van der Waals surface area contributed by atoms with Crippen LogP contribution in [0.1, 0.15) is 30.4 Å². The van der Waals surface area contributed by atoms with Crippen LogP contribution in [0, 0.1) is 12.3 Å². The largest absolute Gasteiger partial charge is 0.496 e. The van der Waals surface area contributed by atoms with Gasteiger partial charge in [-0.3, -0.25) is 4.90 Å². The Morgan fingerprint density at radius 3 is 2.78 bits per heavy atom. The minimum Gasteiger partial charge on any atom is -0.496 e. The Hall–Kier alpha value is -1.52. The minimum absolute atomic E-state index is 0.581. The molecule has 4 nitrogen and oxygen atoms in total. The van der Waals surface area contributed by atoms with E-state index in [9.17, 15) is 0 Å². The number of ether oxygens (including phenoxy) is 1. The lowest BCUT2D eigenvalue weighted by molar-refractivity contribution is 0.113. The number of benzene rings is 1. The summed E-state index contributed by atoms with van der Waals surface area (Å²) in [4.78, 5) is 5.97. The molecule has 2 aromatic rings. The Morgan fingerprint density at radius 2 is 2.09 bits per heavy atom. The van der Waals surface area contributed by atoms with Crippen LogP contribution in [-0.2, 0) is 6.54 Å². The van der Waals surface area contributed by atoms with E-state index in [2.05, 4.69) is 34.3 Å². The van der Waals surface area contributed by atoms with Crippen molar-refractivity contribution in [2.24, 2.45) is 5.41 Å². The summed E-state index contributed by atoms with van der Waals surface area (Å²) in [5, 5.41) is 4.86. The molecule has 0 radical (unpaired) electrons. The van der Waals surface area contributed by atoms with Crippen molar-refractivity contribution in [2.75, 3.05) is 33.3 Å². The zero-order chi connectivity index (χ0) is 15.9. The molecule has 0 unspecified atom stereocenters. The Kier molecular flexibility index (Phi) is 3.82. The van der Waals surface area contributed by atoms with Crippen LogP contribution in [0.5, 0.6) is 5.75 Å².